The van der Waals surface area contributed by atoms with Crippen LogP contribution in [0.2, 0.25) is 0 Å². The number of nitrogens with zero attached hydrogens (tertiary/aromatic N) is 1. The summed E-state index contributed by atoms with van der Waals surface area (Å²) in [6, 6.07) is 15.9. The maximum absolute atomic E-state index is 12.7. The van der Waals surface area contributed by atoms with Crippen LogP contribution >= 0.6 is 0 Å². The molecule has 0 bridgehead atoms. The molecule has 3 N–H and O–H groups in total. The van der Waals surface area contributed by atoms with E-state index in [2.05, 4.69) is 11.4 Å². The molecule has 0 saturated heterocycles. The third kappa shape index (κ3) is 7.50. The fraction of sp³-hybridized carbons (Fsp3) is 0.348. The first-order valence-electron chi connectivity index (χ1n) is 9.99. The lowest BCUT2D eigenvalue weighted by Gasteiger charge is -2.21. The van der Waals surface area contributed by atoms with Crippen LogP contribution in [0.15, 0.2) is 48.5 Å². The molecule has 0 aliphatic heterocycles. The van der Waals surface area contributed by atoms with Crippen LogP contribution in [0.5, 0.6) is 0 Å². The fourth-order valence-corrected chi connectivity index (χ4v) is 2.97. The van der Waals surface area contributed by atoms with E-state index in [1.54, 1.807) is 36.7 Å². The molecule has 0 aliphatic carbocycles. The lowest BCUT2D eigenvalue weighted by molar-refractivity contribution is -0.133. The minimum Gasteiger partial charge on any atom is -0.356 e. The van der Waals surface area contributed by atoms with Crippen molar-refractivity contribution in [1.29, 1.82) is 5.26 Å². The third-order valence-electron chi connectivity index (χ3n) is 4.72. The Morgan fingerprint density at radius 3 is 2.23 bits per heavy atom. The van der Waals surface area contributed by atoms with Gasteiger partial charge in [0.2, 0.25) is 5.91 Å². The molecular weight excluding hydrogens is 398 g/mol. The summed E-state index contributed by atoms with van der Waals surface area (Å²) in [7, 11) is 0. The van der Waals surface area contributed by atoms with Crippen LogP contribution in [-0.2, 0) is 14.3 Å². The highest BCUT2D eigenvalue weighted by Gasteiger charge is 2.21. The van der Waals surface area contributed by atoms with E-state index in [4.69, 9.17) is 19.9 Å². The van der Waals surface area contributed by atoms with Crippen molar-refractivity contribution >= 4 is 11.8 Å². The van der Waals surface area contributed by atoms with Gasteiger partial charge >= 0.3 is 0 Å². The van der Waals surface area contributed by atoms with Gasteiger partial charge in [0, 0.05) is 18.1 Å². The van der Waals surface area contributed by atoms with Crippen LogP contribution in [0.25, 0.3) is 11.1 Å². The van der Waals surface area contributed by atoms with Gasteiger partial charge in [-0.2, -0.15) is 5.26 Å². The Labute approximate surface area is 181 Å². The van der Waals surface area contributed by atoms with Crippen molar-refractivity contribution in [3.05, 3.63) is 59.7 Å². The maximum Gasteiger partial charge on any atom is 0.251 e. The average molecular weight is 425 g/mol. The molecule has 2 amide bonds. The van der Waals surface area contributed by atoms with Gasteiger partial charge < -0.3 is 14.8 Å². The molecule has 2 aromatic rings. The molecule has 8 heteroatoms. The van der Waals surface area contributed by atoms with Crippen LogP contribution in [0.1, 0.15) is 36.2 Å². The minimum absolute atomic E-state index is 0.0860. The molecule has 0 aliphatic rings. The number of hydrogen-bond donors (Lipinski definition) is 3. The second kappa shape index (κ2) is 12.4. The molecule has 0 heterocycles. The first kappa shape index (κ1) is 24.0. The summed E-state index contributed by atoms with van der Waals surface area (Å²) >= 11 is 0. The van der Waals surface area contributed by atoms with Crippen LogP contribution < -0.4 is 10.8 Å². The van der Waals surface area contributed by atoms with Crippen LogP contribution in [0, 0.1) is 17.2 Å². The van der Waals surface area contributed by atoms with Gasteiger partial charge in [0.1, 0.15) is 6.79 Å². The molecule has 2 aromatic carbocycles. The number of nitrogens with one attached hydrogen (secondary N) is 2. The van der Waals surface area contributed by atoms with Crippen molar-refractivity contribution in [2.45, 2.75) is 26.3 Å². The highest BCUT2D eigenvalue weighted by atomic mass is 16.7. The van der Waals surface area contributed by atoms with Crippen molar-refractivity contribution < 1.29 is 24.3 Å². The van der Waals surface area contributed by atoms with E-state index in [0.29, 0.717) is 17.7 Å². The quantitative estimate of drug-likeness (QED) is 0.220. The molecule has 31 heavy (non-hydrogen) atoms. The summed E-state index contributed by atoms with van der Waals surface area (Å²) in [5.41, 5.74) is 4.54. The van der Waals surface area contributed by atoms with E-state index in [1.807, 2.05) is 31.2 Å². The van der Waals surface area contributed by atoms with Crippen molar-refractivity contribution in [3.8, 4) is 17.2 Å². The molecule has 2 atom stereocenters. The molecule has 8 nitrogen and oxygen atoms in total. The van der Waals surface area contributed by atoms with Gasteiger partial charge in [-0.25, -0.2) is 5.48 Å². The zero-order chi connectivity index (χ0) is 22.6. The number of hydrogen-bond acceptors (Lipinski definition) is 6. The highest BCUT2D eigenvalue weighted by Crippen LogP contribution is 2.20. The van der Waals surface area contributed by atoms with Crippen molar-refractivity contribution in [1.82, 2.24) is 10.8 Å². The smallest absolute Gasteiger partial charge is 0.251 e. The van der Waals surface area contributed by atoms with E-state index in [-0.39, 0.29) is 25.7 Å². The van der Waals surface area contributed by atoms with Crippen LogP contribution in [0.4, 0.5) is 0 Å². The van der Waals surface area contributed by atoms with E-state index in [9.17, 15) is 9.59 Å². The van der Waals surface area contributed by atoms with Gasteiger partial charge in [0.25, 0.3) is 5.91 Å². The first-order valence-corrected chi connectivity index (χ1v) is 9.99. The van der Waals surface area contributed by atoms with Gasteiger partial charge in [-0.05, 0) is 48.7 Å². The van der Waals surface area contributed by atoms with E-state index in [1.165, 1.54) is 0 Å². The Morgan fingerprint density at radius 1 is 1.06 bits per heavy atom. The predicted molar refractivity (Wildman–Crippen MR) is 114 cm³/mol. The van der Waals surface area contributed by atoms with Gasteiger partial charge in [-0.1, -0.05) is 31.2 Å². The SMILES string of the molecule is CCOCOC[C@H](C[C@@H](C)C(=O)NO)NC(=O)c1ccc(-c2ccc(C#N)cc2)cc1. The average Bonchev–Trinajstić information content (AvgIpc) is 2.81. The number of hydroxylamine groups is 1. The second-order valence-electron chi connectivity index (χ2n) is 7.03. The number of carbonyl (C=O) groups excluding carboxylic acids is 2. The fourth-order valence-electron chi connectivity index (χ4n) is 2.97. The lowest BCUT2D eigenvalue weighted by atomic mass is 10.0. The number of carbonyl (C=O) groups is 2. The monoisotopic (exact) mass is 425 g/mol. The summed E-state index contributed by atoms with van der Waals surface area (Å²) in [5.74, 6) is -1.35. The normalized spacial score (nSPS) is 12.5. The third-order valence-corrected chi connectivity index (χ3v) is 4.72. The zero-order valence-electron chi connectivity index (χ0n) is 17.6. The molecule has 0 radical (unpaired) electrons. The largest absolute Gasteiger partial charge is 0.356 e. The second-order valence-corrected chi connectivity index (χ2v) is 7.03. The van der Waals surface area contributed by atoms with Crippen LogP contribution in [-0.4, -0.2) is 43.1 Å². The summed E-state index contributed by atoms with van der Waals surface area (Å²) in [6.07, 6.45) is 0.285. The number of ether oxygens (including phenoxy) is 2. The van der Waals surface area contributed by atoms with E-state index in [0.717, 1.165) is 11.1 Å². The standard InChI is InChI=1S/C23H27N3O5/c1-3-30-15-31-14-21(12-16(2)22(27)26-29)25-23(28)20-10-8-19(9-11-20)18-6-4-17(13-24)5-7-18/h4-11,16,21,29H,3,12,14-15H2,1-2H3,(H,25,28)(H,26,27)/t16-,21+/m1/s1. The summed E-state index contributed by atoms with van der Waals surface area (Å²) < 4.78 is 10.6. The molecule has 0 saturated carbocycles. The minimum atomic E-state index is -0.532. The predicted octanol–water partition coefficient (Wildman–Crippen LogP) is 2.87. The zero-order valence-corrected chi connectivity index (χ0v) is 17.6. The maximum atomic E-state index is 12.7. The van der Waals surface area contributed by atoms with Gasteiger partial charge in [-0.3, -0.25) is 14.8 Å². The molecule has 164 valence electrons. The molecule has 2 rings (SSSR count). The first-order chi connectivity index (χ1) is 15.0. The Morgan fingerprint density at radius 2 is 1.68 bits per heavy atom. The number of benzene rings is 2. The lowest BCUT2D eigenvalue weighted by Crippen LogP contribution is -2.41. The van der Waals surface area contributed by atoms with Crippen molar-refractivity contribution in [3.63, 3.8) is 0 Å². The molecular formula is C23H27N3O5. The Bertz CT molecular complexity index is 891. The molecule has 0 spiro atoms. The number of rotatable bonds is 11. The number of amides is 2. The Balaban J connectivity index is 2.04. The van der Waals surface area contributed by atoms with Crippen LogP contribution in [0.3, 0.4) is 0 Å². The van der Waals surface area contributed by atoms with E-state index < -0.39 is 17.9 Å². The Kier molecular flexibility index (Phi) is 9.65. The highest BCUT2D eigenvalue weighted by molar-refractivity contribution is 5.95. The van der Waals surface area contributed by atoms with Crippen molar-refractivity contribution in [2.75, 3.05) is 20.0 Å². The van der Waals surface area contributed by atoms with Gasteiger partial charge in [-0.15, -0.1) is 0 Å². The van der Waals surface area contributed by atoms with Gasteiger partial charge in [0.15, 0.2) is 0 Å². The molecule has 0 unspecified atom stereocenters. The molecule has 0 aromatic heterocycles. The Hall–Kier alpha value is -3.25. The van der Waals surface area contributed by atoms with Crippen molar-refractivity contribution in [2.24, 2.45) is 5.92 Å². The van der Waals surface area contributed by atoms with Gasteiger partial charge in [0.05, 0.1) is 24.3 Å². The summed E-state index contributed by atoms with van der Waals surface area (Å²) in [6.45, 7) is 4.25. The summed E-state index contributed by atoms with van der Waals surface area (Å²) in [5, 5.41) is 20.6. The topological polar surface area (TPSA) is 121 Å². The molecule has 0 fully saturated rings. The number of nitriles is 1. The summed E-state index contributed by atoms with van der Waals surface area (Å²) in [4.78, 5) is 24.3. The van der Waals surface area contributed by atoms with E-state index >= 15 is 0 Å².